The molecule has 1 aliphatic heterocycles. The summed E-state index contributed by atoms with van der Waals surface area (Å²) in [5, 5.41) is 0. The van der Waals surface area contributed by atoms with E-state index in [-0.39, 0.29) is 0 Å². The van der Waals surface area contributed by atoms with Crippen LogP contribution in [0.1, 0.15) is 0 Å². The molecule has 2 unspecified atom stereocenters. The van der Waals surface area contributed by atoms with Crippen molar-refractivity contribution in [3.8, 4) is 34.5 Å². The van der Waals surface area contributed by atoms with E-state index in [1.165, 1.54) is 9.21 Å². The van der Waals surface area contributed by atoms with Crippen molar-refractivity contribution in [2.45, 2.75) is 0 Å². The fourth-order valence-electron chi connectivity index (χ4n) is 4.48. The first-order valence-corrected chi connectivity index (χ1v) is 19.4. The van der Waals surface area contributed by atoms with Crippen LogP contribution < -0.4 is 45.0 Å². The van der Waals surface area contributed by atoms with Crippen LogP contribution in [-0.2, 0) is 0 Å². The van der Waals surface area contributed by atoms with Gasteiger partial charge in [0.05, 0.1) is 0 Å². The van der Waals surface area contributed by atoms with Crippen LogP contribution in [0.25, 0.3) is 0 Å². The number of nitrogens with two attached hydrogens (primary N) is 3. The van der Waals surface area contributed by atoms with E-state index in [1.807, 2.05) is 91.0 Å². The van der Waals surface area contributed by atoms with Gasteiger partial charge in [-0.05, 0) is 109 Å². The molecule has 0 radical (unpaired) electrons. The molecule has 15 heteroatoms. The summed E-state index contributed by atoms with van der Waals surface area (Å²) in [6.45, 7) is 0. The number of hydrogen-bond acceptors (Lipinski definition) is 12. The molecule has 0 saturated heterocycles. The van der Waals surface area contributed by atoms with Gasteiger partial charge in [0.1, 0.15) is 34.5 Å². The van der Waals surface area contributed by atoms with Crippen LogP contribution in [0.3, 0.4) is 0 Å². The summed E-state index contributed by atoms with van der Waals surface area (Å²) in [6.07, 6.45) is 0. The predicted octanol–water partition coefficient (Wildman–Crippen LogP) is 10.1. The number of nitrogen functional groups attached to an aromatic ring is 3. The molecule has 0 fully saturated rings. The summed E-state index contributed by atoms with van der Waals surface area (Å²) in [6, 6.07) is 48.6. The van der Waals surface area contributed by atoms with Gasteiger partial charge in [-0.15, -0.1) is 4.52 Å². The van der Waals surface area contributed by atoms with E-state index in [4.69, 9.17) is 49.5 Å². The molecule has 6 aromatic rings. The highest BCUT2D eigenvalue weighted by molar-refractivity contribution is 7.78. The third-order valence-electron chi connectivity index (χ3n) is 6.91. The Hall–Kier alpha value is -5.47. The van der Waals surface area contributed by atoms with E-state index in [2.05, 4.69) is 0 Å². The molecule has 0 amide bonds. The minimum atomic E-state index is -3.81. The van der Waals surface area contributed by atoms with Crippen LogP contribution in [0.2, 0.25) is 0 Å². The summed E-state index contributed by atoms with van der Waals surface area (Å²) in [5.74, 6) is 2.80. The Bertz CT molecular complexity index is 2020. The van der Waals surface area contributed by atoms with E-state index < -0.39 is 24.6 Å². The maximum atomic E-state index is 6.88. The predicted molar refractivity (Wildman–Crippen MR) is 203 cm³/mol. The number of rotatable bonds is 12. The highest BCUT2D eigenvalue weighted by atomic mass is 31.3. The molecule has 0 aliphatic carbocycles. The first kappa shape index (κ1) is 34.0. The van der Waals surface area contributed by atoms with Crippen LogP contribution in [0.5, 0.6) is 34.5 Å². The monoisotopic (exact) mass is 738 g/mol. The van der Waals surface area contributed by atoms with Crippen LogP contribution in [-0.4, -0.2) is 9.21 Å². The first-order chi connectivity index (χ1) is 24.9. The van der Waals surface area contributed by atoms with Crippen molar-refractivity contribution >= 4 is 41.6 Å². The minimum absolute atomic E-state index is 0.444. The van der Waals surface area contributed by atoms with Gasteiger partial charge in [-0.3, -0.25) is 0 Å². The molecule has 1 aliphatic rings. The third kappa shape index (κ3) is 8.47. The minimum Gasteiger partial charge on any atom is -0.440 e. The van der Waals surface area contributed by atoms with Gasteiger partial charge in [-0.25, -0.2) is 0 Å². The zero-order valence-electron chi connectivity index (χ0n) is 27.0. The highest BCUT2D eigenvalue weighted by Gasteiger charge is 2.58. The molecule has 2 atom stereocenters. The van der Waals surface area contributed by atoms with Gasteiger partial charge in [0.25, 0.3) is 0 Å². The molecule has 6 N–H and O–H groups in total. The number of hydrogen-bond donors (Lipinski definition) is 3. The normalized spacial score (nSPS) is 17.0. The van der Waals surface area contributed by atoms with E-state index in [0.717, 1.165) is 0 Å². The molecule has 12 nitrogen and oxygen atoms in total. The molecule has 51 heavy (non-hydrogen) atoms. The maximum Gasteiger partial charge on any atom is 0.447 e. The van der Waals surface area contributed by atoms with Gasteiger partial charge in [0, 0.05) is 26.3 Å². The van der Waals surface area contributed by atoms with Crippen molar-refractivity contribution < 1.29 is 27.8 Å². The smallest absolute Gasteiger partial charge is 0.440 e. The molecule has 0 spiro atoms. The van der Waals surface area contributed by atoms with Gasteiger partial charge in [0.15, 0.2) is 0 Å². The van der Waals surface area contributed by atoms with Crippen molar-refractivity contribution in [2.24, 2.45) is 4.52 Å². The summed E-state index contributed by atoms with van der Waals surface area (Å²) < 4.78 is 35.6. The average molecular weight is 739 g/mol. The third-order valence-corrected chi connectivity index (χ3v) is 13.8. The van der Waals surface area contributed by atoms with Crippen molar-refractivity contribution in [2.75, 3.05) is 17.2 Å². The van der Waals surface area contributed by atoms with Crippen molar-refractivity contribution in [3.63, 3.8) is 0 Å². The SMILES string of the molecule is Nc1ccc(ON2P(Oc3ccc(N)cc3)N=P(Oc3ccccc3)(Oc3ccccc3)N(Oc3ccccc3)P2Oc2ccc(N)cc2)cc1. The molecule has 0 bridgehead atoms. The molecule has 258 valence electrons. The summed E-state index contributed by atoms with van der Waals surface area (Å²) in [7, 11) is -8.19. The standard InChI is InChI=1S/C36H33N6O6P3/c37-28-16-22-32(23-17-28)43-41-49(45-33-24-18-29(38)19-25-33)40-51(47-35-12-6-2-7-13-35,48-36-14-8-3-9-15-36)42(44-31-10-4-1-5-11-31)50(41)46-34-26-20-30(39)21-27-34/h1-27H,37-39H2. The summed E-state index contributed by atoms with van der Waals surface area (Å²) in [5.41, 5.74) is 19.8. The largest absolute Gasteiger partial charge is 0.447 e. The van der Waals surface area contributed by atoms with Crippen molar-refractivity contribution in [1.29, 1.82) is 0 Å². The highest BCUT2D eigenvalue weighted by Crippen LogP contribution is 2.77. The second-order valence-electron chi connectivity index (χ2n) is 10.8. The lowest BCUT2D eigenvalue weighted by Gasteiger charge is -2.43. The van der Waals surface area contributed by atoms with Crippen LogP contribution in [0.15, 0.2) is 168 Å². The van der Waals surface area contributed by atoms with E-state index in [0.29, 0.717) is 51.6 Å². The van der Waals surface area contributed by atoms with Crippen LogP contribution in [0, 0.1) is 0 Å². The zero-order valence-corrected chi connectivity index (χ0v) is 29.6. The van der Waals surface area contributed by atoms with Gasteiger partial charge in [-0.2, -0.15) is 0 Å². The number of nitrogens with zero attached hydrogens (tertiary/aromatic N) is 3. The summed E-state index contributed by atoms with van der Waals surface area (Å²) >= 11 is 0. The quantitative estimate of drug-likeness (QED) is 0.0812. The molecule has 0 aromatic heterocycles. The maximum absolute atomic E-state index is 6.88. The van der Waals surface area contributed by atoms with Gasteiger partial charge in [-0.1, -0.05) is 54.6 Å². The Kier molecular flexibility index (Phi) is 10.4. The molecule has 7 rings (SSSR count). The van der Waals surface area contributed by atoms with Crippen LogP contribution >= 0.6 is 24.6 Å². The van der Waals surface area contributed by atoms with Gasteiger partial charge in [0.2, 0.25) is 0 Å². The molecular formula is C36H33N6O6P3. The van der Waals surface area contributed by atoms with E-state index in [9.17, 15) is 0 Å². The second kappa shape index (κ2) is 15.6. The lowest BCUT2D eigenvalue weighted by molar-refractivity contribution is 0.0546. The van der Waals surface area contributed by atoms with Crippen molar-refractivity contribution in [1.82, 2.24) is 9.21 Å². The summed E-state index contributed by atoms with van der Waals surface area (Å²) in [4.78, 5) is 13.4. The molecular weight excluding hydrogens is 705 g/mol. The van der Waals surface area contributed by atoms with Gasteiger partial charge >= 0.3 is 24.6 Å². The lowest BCUT2D eigenvalue weighted by atomic mass is 10.3. The fourth-order valence-corrected chi connectivity index (χ4v) is 12.0. The van der Waals surface area contributed by atoms with Crippen molar-refractivity contribution in [3.05, 3.63) is 164 Å². The van der Waals surface area contributed by atoms with Gasteiger partial charge < -0.3 is 45.0 Å². The lowest BCUT2D eigenvalue weighted by Crippen LogP contribution is -2.37. The fraction of sp³-hybridized carbons (Fsp3) is 0. The molecule has 1 heterocycles. The van der Waals surface area contributed by atoms with E-state index in [1.54, 1.807) is 72.8 Å². The molecule has 0 saturated carbocycles. The first-order valence-electron chi connectivity index (χ1n) is 15.6. The molecule has 6 aromatic carbocycles. The Balaban J connectivity index is 1.47. The Labute approximate surface area is 297 Å². The zero-order chi connectivity index (χ0) is 35.0. The Morgan fingerprint density at radius 2 is 0.824 bits per heavy atom. The number of benzene rings is 6. The Morgan fingerprint density at radius 3 is 1.29 bits per heavy atom. The second-order valence-corrected chi connectivity index (χ2v) is 16.3. The number of anilines is 3. The Morgan fingerprint density at radius 1 is 0.431 bits per heavy atom. The van der Waals surface area contributed by atoms with E-state index >= 15 is 0 Å². The number of para-hydroxylation sites is 3. The average Bonchev–Trinajstić information content (AvgIpc) is 3.15. The topological polar surface area (TPSA) is 152 Å². The van der Waals surface area contributed by atoms with Crippen LogP contribution in [0.4, 0.5) is 17.1 Å².